The molecule has 5 nitrogen and oxygen atoms in total. The second kappa shape index (κ2) is 5.10. The Morgan fingerprint density at radius 2 is 1.80 bits per heavy atom. The number of sulfonamides is 1. The van der Waals surface area contributed by atoms with Crippen LogP contribution < -0.4 is 0 Å². The van der Waals surface area contributed by atoms with E-state index in [1.54, 1.807) is 6.92 Å². The molecule has 0 radical (unpaired) electrons. The fourth-order valence-corrected chi connectivity index (χ4v) is 3.88. The molecule has 1 saturated heterocycles. The van der Waals surface area contributed by atoms with Crippen LogP contribution in [0.4, 0.5) is 8.78 Å². The Kier molecular flexibility index (Phi) is 3.79. The van der Waals surface area contributed by atoms with E-state index in [0.29, 0.717) is 6.07 Å². The standard InChI is InChI=1S/C12H13F2NO4S/c1-7-5-15(6-11(7)12(16)17)20(18,19)10-3-8(13)2-9(14)4-10/h2-4,7,11H,5-6H2,1H3,(H,16,17). The Labute approximate surface area is 114 Å². The van der Waals surface area contributed by atoms with Gasteiger partial charge in [-0.05, 0) is 18.1 Å². The fraction of sp³-hybridized carbons (Fsp3) is 0.417. The second-order valence-electron chi connectivity index (χ2n) is 4.85. The van der Waals surface area contributed by atoms with Crippen molar-refractivity contribution in [2.24, 2.45) is 11.8 Å². The average Bonchev–Trinajstić information content (AvgIpc) is 2.70. The van der Waals surface area contributed by atoms with Crippen LogP contribution in [-0.2, 0) is 14.8 Å². The number of aliphatic carboxylic acids is 1. The molecule has 1 aliphatic heterocycles. The molecule has 1 aromatic rings. The Morgan fingerprint density at radius 1 is 1.25 bits per heavy atom. The first kappa shape index (κ1) is 14.9. The third kappa shape index (κ3) is 2.66. The van der Waals surface area contributed by atoms with E-state index in [2.05, 4.69) is 0 Å². The SMILES string of the molecule is CC1CN(S(=O)(=O)c2cc(F)cc(F)c2)CC1C(=O)O. The van der Waals surface area contributed by atoms with E-state index in [0.717, 1.165) is 16.4 Å². The van der Waals surface area contributed by atoms with E-state index in [4.69, 9.17) is 5.11 Å². The predicted octanol–water partition coefficient (Wildman–Crippen LogP) is 1.31. The summed E-state index contributed by atoms with van der Waals surface area (Å²) >= 11 is 0. The van der Waals surface area contributed by atoms with Gasteiger partial charge in [-0.2, -0.15) is 4.31 Å². The monoisotopic (exact) mass is 305 g/mol. The highest BCUT2D eigenvalue weighted by atomic mass is 32.2. The number of hydrogen-bond acceptors (Lipinski definition) is 3. The zero-order valence-corrected chi connectivity index (χ0v) is 11.4. The van der Waals surface area contributed by atoms with E-state index < -0.39 is 38.4 Å². The molecule has 0 amide bonds. The van der Waals surface area contributed by atoms with E-state index in [1.165, 1.54) is 0 Å². The van der Waals surface area contributed by atoms with Crippen molar-refractivity contribution in [3.05, 3.63) is 29.8 Å². The van der Waals surface area contributed by atoms with Crippen LogP contribution in [0.15, 0.2) is 23.1 Å². The summed E-state index contributed by atoms with van der Waals surface area (Å²) in [5.41, 5.74) is 0. The normalized spacial score (nSPS) is 23.9. The molecule has 0 saturated carbocycles. The third-order valence-corrected chi connectivity index (χ3v) is 5.18. The van der Waals surface area contributed by atoms with E-state index in [-0.39, 0.29) is 19.0 Å². The molecule has 1 N–H and O–H groups in total. The number of hydrogen-bond donors (Lipinski definition) is 1. The van der Waals surface area contributed by atoms with Crippen LogP contribution in [0.25, 0.3) is 0 Å². The van der Waals surface area contributed by atoms with Crippen LogP contribution in [-0.4, -0.2) is 36.9 Å². The van der Waals surface area contributed by atoms with Gasteiger partial charge >= 0.3 is 5.97 Å². The Hall–Kier alpha value is -1.54. The summed E-state index contributed by atoms with van der Waals surface area (Å²) in [6, 6.07) is 2.01. The number of halogens is 2. The van der Waals surface area contributed by atoms with Crippen LogP contribution in [0.2, 0.25) is 0 Å². The minimum Gasteiger partial charge on any atom is -0.481 e. The summed E-state index contributed by atoms with van der Waals surface area (Å²) in [7, 11) is -4.09. The summed E-state index contributed by atoms with van der Waals surface area (Å²) in [5.74, 6) is -4.25. The zero-order valence-electron chi connectivity index (χ0n) is 10.6. The van der Waals surface area contributed by atoms with Crippen molar-refractivity contribution in [2.45, 2.75) is 11.8 Å². The van der Waals surface area contributed by atoms with Gasteiger partial charge in [0.2, 0.25) is 10.0 Å². The van der Waals surface area contributed by atoms with Gasteiger partial charge in [0.25, 0.3) is 0 Å². The number of carbonyl (C=O) groups is 1. The molecule has 0 spiro atoms. The molecule has 2 unspecified atom stereocenters. The van der Waals surface area contributed by atoms with Crippen molar-refractivity contribution in [1.29, 1.82) is 0 Å². The summed E-state index contributed by atoms with van der Waals surface area (Å²) < 4.78 is 51.7. The molecule has 1 aromatic carbocycles. The molecule has 1 fully saturated rings. The van der Waals surface area contributed by atoms with E-state index in [1.807, 2.05) is 0 Å². The molecule has 2 rings (SSSR count). The van der Waals surface area contributed by atoms with Crippen molar-refractivity contribution < 1.29 is 27.1 Å². The first-order valence-electron chi connectivity index (χ1n) is 5.91. The first-order chi connectivity index (χ1) is 9.21. The smallest absolute Gasteiger partial charge is 0.308 e. The second-order valence-corrected chi connectivity index (χ2v) is 6.79. The highest BCUT2D eigenvalue weighted by Crippen LogP contribution is 2.29. The Bertz CT molecular complexity index is 627. The molecule has 0 aromatic heterocycles. The van der Waals surface area contributed by atoms with Gasteiger partial charge in [0, 0.05) is 19.2 Å². The lowest BCUT2D eigenvalue weighted by Gasteiger charge is -2.16. The first-order valence-corrected chi connectivity index (χ1v) is 7.35. The van der Waals surface area contributed by atoms with Gasteiger partial charge in [-0.3, -0.25) is 4.79 Å². The third-order valence-electron chi connectivity index (χ3n) is 3.37. The van der Waals surface area contributed by atoms with E-state index >= 15 is 0 Å². The maximum absolute atomic E-state index is 13.1. The quantitative estimate of drug-likeness (QED) is 0.913. The van der Waals surface area contributed by atoms with Crippen molar-refractivity contribution in [3.8, 4) is 0 Å². The molecule has 1 heterocycles. The zero-order chi connectivity index (χ0) is 15.1. The van der Waals surface area contributed by atoms with Crippen LogP contribution in [0, 0.1) is 23.5 Å². The minimum absolute atomic E-state index is 0.0113. The lowest BCUT2D eigenvalue weighted by Crippen LogP contribution is -2.30. The minimum atomic E-state index is -4.09. The van der Waals surface area contributed by atoms with Crippen molar-refractivity contribution in [1.82, 2.24) is 4.31 Å². The number of nitrogens with zero attached hydrogens (tertiary/aromatic N) is 1. The maximum Gasteiger partial charge on any atom is 0.308 e. The largest absolute Gasteiger partial charge is 0.481 e. The summed E-state index contributed by atoms with van der Waals surface area (Å²) in [4.78, 5) is 10.5. The number of carboxylic acids is 1. The summed E-state index contributed by atoms with van der Waals surface area (Å²) in [6.07, 6.45) is 0. The van der Waals surface area contributed by atoms with Gasteiger partial charge in [0.15, 0.2) is 0 Å². The molecular formula is C12H13F2NO4S. The summed E-state index contributed by atoms with van der Waals surface area (Å²) in [5, 5.41) is 8.98. The highest BCUT2D eigenvalue weighted by Gasteiger charge is 2.40. The molecular weight excluding hydrogens is 292 g/mol. The summed E-state index contributed by atoms with van der Waals surface area (Å²) in [6.45, 7) is 1.44. The van der Waals surface area contributed by atoms with Crippen LogP contribution in [0.3, 0.4) is 0 Å². The van der Waals surface area contributed by atoms with Crippen LogP contribution >= 0.6 is 0 Å². The van der Waals surface area contributed by atoms with Crippen LogP contribution in [0.5, 0.6) is 0 Å². The van der Waals surface area contributed by atoms with Crippen molar-refractivity contribution in [2.75, 3.05) is 13.1 Å². The van der Waals surface area contributed by atoms with Gasteiger partial charge in [-0.25, -0.2) is 17.2 Å². The predicted molar refractivity (Wildman–Crippen MR) is 65.4 cm³/mol. The van der Waals surface area contributed by atoms with Crippen LogP contribution in [0.1, 0.15) is 6.92 Å². The highest BCUT2D eigenvalue weighted by molar-refractivity contribution is 7.89. The van der Waals surface area contributed by atoms with Gasteiger partial charge < -0.3 is 5.11 Å². The molecule has 110 valence electrons. The maximum atomic E-state index is 13.1. The Morgan fingerprint density at radius 3 is 2.25 bits per heavy atom. The van der Waals surface area contributed by atoms with Gasteiger partial charge in [0.05, 0.1) is 10.8 Å². The van der Waals surface area contributed by atoms with Crippen molar-refractivity contribution >= 4 is 16.0 Å². The number of benzene rings is 1. The number of carboxylic acid groups (broad SMARTS) is 1. The lowest BCUT2D eigenvalue weighted by molar-refractivity contribution is -0.142. The Balaban J connectivity index is 2.34. The average molecular weight is 305 g/mol. The van der Waals surface area contributed by atoms with Gasteiger partial charge in [0.1, 0.15) is 11.6 Å². The topological polar surface area (TPSA) is 74.7 Å². The molecule has 2 atom stereocenters. The van der Waals surface area contributed by atoms with Gasteiger partial charge in [-0.1, -0.05) is 6.92 Å². The van der Waals surface area contributed by atoms with Crippen molar-refractivity contribution in [3.63, 3.8) is 0 Å². The number of rotatable bonds is 3. The molecule has 0 bridgehead atoms. The van der Waals surface area contributed by atoms with Gasteiger partial charge in [-0.15, -0.1) is 0 Å². The lowest BCUT2D eigenvalue weighted by atomic mass is 9.99. The molecule has 8 heteroatoms. The van der Waals surface area contributed by atoms with E-state index in [9.17, 15) is 22.0 Å². The molecule has 0 aliphatic carbocycles. The molecule has 20 heavy (non-hydrogen) atoms. The molecule has 1 aliphatic rings. The fourth-order valence-electron chi connectivity index (χ4n) is 2.27.